The quantitative estimate of drug-likeness (QED) is 0.772. The summed E-state index contributed by atoms with van der Waals surface area (Å²) in [5, 5.41) is 11.6. The normalized spacial score (nSPS) is 34.0. The number of nitrogens with zero attached hydrogens (tertiary/aromatic N) is 1. The van der Waals surface area contributed by atoms with Crippen molar-refractivity contribution in [3.63, 3.8) is 0 Å². The summed E-state index contributed by atoms with van der Waals surface area (Å²) in [7, 11) is 0. The molecule has 6 heteroatoms. The zero-order chi connectivity index (χ0) is 16.0. The van der Waals surface area contributed by atoms with E-state index in [-0.39, 0.29) is 31.1 Å². The van der Waals surface area contributed by atoms with Gasteiger partial charge in [-0.25, -0.2) is 0 Å². The minimum atomic E-state index is -0.710. The van der Waals surface area contributed by atoms with Gasteiger partial charge in [0.25, 0.3) is 0 Å². The number of amides is 2. The van der Waals surface area contributed by atoms with Crippen molar-refractivity contribution in [3.8, 4) is 0 Å². The molecule has 23 heavy (non-hydrogen) atoms. The minimum absolute atomic E-state index is 0.0767. The average Bonchev–Trinajstić information content (AvgIpc) is 3.22. The standard InChI is InChI=1S/C17H18N2O4/c20-9-8-18-15(21)13-12-6-7-17(23-12)10-19(16(22)14(13)17)11-4-2-1-3-5-11/h1-7,12-14,20H,8-10H2,(H,18,21)/t12-,13-,14-,17-/m0/s1. The third kappa shape index (κ3) is 2.02. The van der Waals surface area contributed by atoms with Crippen LogP contribution in [0.3, 0.4) is 0 Å². The molecule has 2 amide bonds. The van der Waals surface area contributed by atoms with E-state index in [0.29, 0.717) is 6.54 Å². The maximum Gasteiger partial charge on any atom is 0.234 e. The Bertz CT molecular complexity index is 674. The first-order valence-electron chi connectivity index (χ1n) is 7.78. The molecule has 1 aromatic carbocycles. The monoisotopic (exact) mass is 314 g/mol. The van der Waals surface area contributed by atoms with Crippen LogP contribution in [0.4, 0.5) is 5.69 Å². The first kappa shape index (κ1) is 14.4. The molecule has 2 bridgehead atoms. The van der Waals surface area contributed by atoms with Gasteiger partial charge >= 0.3 is 0 Å². The molecular weight excluding hydrogens is 296 g/mol. The highest BCUT2D eigenvalue weighted by atomic mass is 16.5. The van der Waals surface area contributed by atoms with E-state index in [9.17, 15) is 9.59 Å². The molecule has 0 aromatic heterocycles. The molecule has 120 valence electrons. The summed E-state index contributed by atoms with van der Waals surface area (Å²) in [6.45, 7) is 0.485. The van der Waals surface area contributed by atoms with Crippen LogP contribution in [0.25, 0.3) is 0 Å². The Morgan fingerprint density at radius 2 is 2.17 bits per heavy atom. The number of hydrogen-bond donors (Lipinski definition) is 2. The molecule has 0 saturated carbocycles. The topological polar surface area (TPSA) is 78.9 Å². The van der Waals surface area contributed by atoms with Gasteiger partial charge in [-0.1, -0.05) is 30.4 Å². The summed E-state index contributed by atoms with van der Waals surface area (Å²) in [5.41, 5.74) is 0.106. The molecule has 0 unspecified atom stereocenters. The Kier molecular flexibility index (Phi) is 3.25. The van der Waals surface area contributed by atoms with E-state index in [4.69, 9.17) is 9.84 Å². The number of ether oxygens (including phenoxy) is 1. The van der Waals surface area contributed by atoms with E-state index in [1.54, 1.807) is 4.90 Å². The first-order valence-corrected chi connectivity index (χ1v) is 7.78. The highest BCUT2D eigenvalue weighted by Crippen LogP contribution is 2.52. The number of para-hydroxylation sites is 1. The van der Waals surface area contributed by atoms with E-state index in [1.807, 2.05) is 42.5 Å². The molecule has 2 N–H and O–H groups in total. The van der Waals surface area contributed by atoms with Crippen molar-refractivity contribution in [3.05, 3.63) is 42.5 Å². The fourth-order valence-electron chi connectivity index (χ4n) is 3.92. The number of carbonyl (C=O) groups excluding carboxylic acids is 2. The molecule has 4 atom stereocenters. The van der Waals surface area contributed by atoms with E-state index in [0.717, 1.165) is 5.69 Å². The Balaban J connectivity index is 1.65. The molecule has 6 nitrogen and oxygen atoms in total. The molecule has 3 heterocycles. The largest absolute Gasteiger partial charge is 0.395 e. The summed E-state index contributed by atoms with van der Waals surface area (Å²) in [6, 6.07) is 9.43. The number of hydrogen-bond acceptors (Lipinski definition) is 4. The van der Waals surface area contributed by atoms with Crippen molar-refractivity contribution in [2.75, 3.05) is 24.6 Å². The molecule has 2 saturated heterocycles. The van der Waals surface area contributed by atoms with Crippen molar-refractivity contribution >= 4 is 17.5 Å². The molecule has 3 aliphatic rings. The Morgan fingerprint density at radius 3 is 2.91 bits per heavy atom. The molecule has 1 spiro atoms. The van der Waals surface area contributed by atoms with Gasteiger partial charge in [-0.2, -0.15) is 0 Å². The van der Waals surface area contributed by atoms with E-state index < -0.39 is 17.4 Å². The second kappa shape index (κ2) is 5.18. The number of carbonyl (C=O) groups is 2. The van der Waals surface area contributed by atoms with Gasteiger partial charge < -0.3 is 20.1 Å². The number of rotatable bonds is 4. The lowest BCUT2D eigenvalue weighted by atomic mass is 9.77. The van der Waals surface area contributed by atoms with Crippen LogP contribution in [-0.4, -0.2) is 48.3 Å². The fraction of sp³-hybridized carbons (Fsp3) is 0.412. The van der Waals surface area contributed by atoms with Crippen LogP contribution in [0.5, 0.6) is 0 Å². The zero-order valence-corrected chi connectivity index (χ0v) is 12.5. The predicted molar refractivity (Wildman–Crippen MR) is 82.6 cm³/mol. The maximum atomic E-state index is 12.9. The lowest BCUT2D eigenvalue weighted by Gasteiger charge is -2.23. The molecular formula is C17H18N2O4. The van der Waals surface area contributed by atoms with Crippen LogP contribution in [0.2, 0.25) is 0 Å². The Hall–Kier alpha value is -2.18. The second-order valence-corrected chi connectivity index (χ2v) is 6.17. The van der Waals surface area contributed by atoms with Gasteiger partial charge in [0.2, 0.25) is 11.8 Å². The van der Waals surface area contributed by atoms with E-state index >= 15 is 0 Å². The highest BCUT2D eigenvalue weighted by Gasteiger charge is 2.66. The lowest BCUT2D eigenvalue weighted by Crippen LogP contribution is -2.44. The smallest absolute Gasteiger partial charge is 0.234 e. The van der Waals surface area contributed by atoms with Gasteiger partial charge in [0.15, 0.2) is 0 Å². The van der Waals surface area contributed by atoms with Crippen LogP contribution < -0.4 is 10.2 Å². The molecule has 3 aliphatic heterocycles. The fourth-order valence-corrected chi connectivity index (χ4v) is 3.92. The van der Waals surface area contributed by atoms with E-state index in [1.165, 1.54) is 0 Å². The van der Waals surface area contributed by atoms with Crippen molar-refractivity contribution in [1.82, 2.24) is 5.32 Å². The van der Waals surface area contributed by atoms with Gasteiger partial charge in [-0.3, -0.25) is 9.59 Å². The van der Waals surface area contributed by atoms with Gasteiger partial charge in [0.1, 0.15) is 5.60 Å². The van der Waals surface area contributed by atoms with Crippen molar-refractivity contribution in [1.29, 1.82) is 0 Å². The van der Waals surface area contributed by atoms with Crippen molar-refractivity contribution in [2.45, 2.75) is 11.7 Å². The van der Waals surface area contributed by atoms with Gasteiger partial charge in [0.05, 0.1) is 31.1 Å². The maximum absolute atomic E-state index is 12.9. The molecule has 4 rings (SSSR count). The summed E-state index contributed by atoms with van der Waals surface area (Å²) >= 11 is 0. The SMILES string of the molecule is O=C(NCCO)[C@H]1[C@@H]2C=C[C@@]3(CN(c4ccccc4)C(=O)[C@H]13)O2. The van der Waals surface area contributed by atoms with Crippen LogP contribution >= 0.6 is 0 Å². The number of nitrogens with one attached hydrogen (secondary N) is 1. The summed E-state index contributed by atoms with van der Waals surface area (Å²) in [6.07, 6.45) is 3.45. The predicted octanol–water partition coefficient (Wildman–Crippen LogP) is 0.0815. The average molecular weight is 314 g/mol. The summed E-state index contributed by atoms with van der Waals surface area (Å²) < 4.78 is 6.02. The van der Waals surface area contributed by atoms with Crippen LogP contribution in [0, 0.1) is 11.8 Å². The molecule has 2 fully saturated rings. The molecule has 1 aromatic rings. The number of aliphatic hydroxyl groups is 1. The van der Waals surface area contributed by atoms with Crippen LogP contribution in [-0.2, 0) is 14.3 Å². The summed E-state index contributed by atoms with van der Waals surface area (Å²) in [5.74, 6) is -1.35. The first-order chi connectivity index (χ1) is 11.2. The number of fused-ring (bicyclic) bond motifs is 1. The number of anilines is 1. The van der Waals surface area contributed by atoms with Crippen LogP contribution in [0.1, 0.15) is 0 Å². The highest BCUT2D eigenvalue weighted by molar-refractivity contribution is 6.03. The molecule has 0 aliphatic carbocycles. The minimum Gasteiger partial charge on any atom is -0.395 e. The van der Waals surface area contributed by atoms with Crippen LogP contribution in [0.15, 0.2) is 42.5 Å². The number of aliphatic hydroxyl groups excluding tert-OH is 1. The Morgan fingerprint density at radius 1 is 1.39 bits per heavy atom. The Labute approximate surface area is 133 Å². The van der Waals surface area contributed by atoms with Crippen molar-refractivity contribution < 1.29 is 19.4 Å². The third-order valence-electron chi connectivity index (χ3n) is 4.88. The van der Waals surface area contributed by atoms with Gasteiger partial charge in [0, 0.05) is 12.2 Å². The number of benzene rings is 1. The van der Waals surface area contributed by atoms with Gasteiger partial charge in [-0.05, 0) is 12.1 Å². The van der Waals surface area contributed by atoms with E-state index in [2.05, 4.69) is 5.32 Å². The van der Waals surface area contributed by atoms with Gasteiger partial charge in [-0.15, -0.1) is 0 Å². The molecule has 0 radical (unpaired) electrons. The third-order valence-corrected chi connectivity index (χ3v) is 4.88. The van der Waals surface area contributed by atoms with Crippen molar-refractivity contribution in [2.24, 2.45) is 11.8 Å². The summed E-state index contributed by atoms with van der Waals surface area (Å²) in [4.78, 5) is 27.1. The lowest BCUT2D eigenvalue weighted by molar-refractivity contribution is -0.132. The second-order valence-electron chi connectivity index (χ2n) is 6.17. The zero-order valence-electron chi connectivity index (χ0n) is 12.5.